The highest BCUT2D eigenvalue weighted by Crippen LogP contribution is 2.25. The van der Waals surface area contributed by atoms with Crippen LogP contribution in [0.1, 0.15) is 6.92 Å². The van der Waals surface area contributed by atoms with Crippen LogP contribution in [0.25, 0.3) is 0 Å². The fourth-order valence-electron chi connectivity index (χ4n) is 1.52. The number of pyridine rings is 1. The van der Waals surface area contributed by atoms with Crippen molar-refractivity contribution in [3.8, 4) is 0 Å². The number of anilines is 1. The van der Waals surface area contributed by atoms with Gasteiger partial charge in [-0.15, -0.1) is 0 Å². The summed E-state index contributed by atoms with van der Waals surface area (Å²) in [6.45, 7) is 4.08. The van der Waals surface area contributed by atoms with Crippen LogP contribution in [-0.2, 0) is 0 Å². The largest absolute Gasteiger partial charge is 0.368 e. The van der Waals surface area contributed by atoms with Crippen molar-refractivity contribution in [2.45, 2.75) is 6.92 Å². The Morgan fingerprint density at radius 1 is 1.58 bits per heavy atom. The molecule has 1 aliphatic heterocycles. The zero-order chi connectivity index (χ0) is 8.55. The van der Waals surface area contributed by atoms with Gasteiger partial charge in [0.1, 0.15) is 0 Å². The Kier molecular flexibility index (Phi) is 1.71. The lowest BCUT2D eigenvalue weighted by atomic mass is 10.0. The first kappa shape index (κ1) is 7.53. The first-order chi connectivity index (χ1) is 5.77. The predicted molar refractivity (Wildman–Crippen MR) is 45.6 cm³/mol. The molecule has 0 unspecified atom stereocenters. The lowest BCUT2D eigenvalue weighted by molar-refractivity contribution is 0.439. The highest BCUT2D eigenvalue weighted by molar-refractivity contribution is 5.48. The molecule has 2 nitrogen and oxygen atoms in total. The van der Waals surface area contributed by atoms with Crippen molar-refractivity contribution in [1.29, 1.82) is 0 Å². The van der Waals surface area contributed by atoms with Gasteiger partial charge >= 0.3 is 0 Å². The molecule has 0 bridgehead atoms. The molecule has 2 rings (SSSR count). The minimum absolute atomic E-state index is 0.218. The summed E-state index contributed by atoms with van der Waals surface area (Å²) in [5, 5.41) is 0. The topological polar surface area (TPSA) is 16.1 Å². The molecule has 3 heteroatoms. The van der Waals surface area contributed by atoms with E-state index in [-0.39, 0.29) is 5.82 Å². The van der Waals surface area contributed by atoms with Gasteiger partial charge < -0.3 is 4.90 Å². The summed E-state index contributed by atoms with van der Waals surface area (Å²) in [6.07, 6.45) is 2.89. The molecule has 0 atom stereocenters. The number of aromatic nitrogens is 1. The fraction of sp³-hybridized carbons (Fsp3) is 0.444. The maximum Gasteiger partial charge on any atom is 0.164 e. The molecule has 12 heavy (non-hydrogen) atoms. The van der Waals surface area contributed by atoms with Gasteiger partial charge in [-0.25, -0.2) is 4.39 Å². The van der Waals surface area contributed by atoms with Gasteiger partial charge in [0, 0.05) is 19.3 Å². The molecule has 1 fully saturated rings. The van der Waals surface area contributed by atoms with Crippen LogP contribution >= 0.6 is 0 Å². The fourth-order valence-corrected chi connectivity index (χ4v) is 1.52. The summed E-state index contributed by atoms with van der Waals surface area (Å²) in [5.41, 5.74) is 0.683. The van der Waals surface area contributed by atoms with E-state index in [1.807, 2.05) is 4.90 Å². The van der Waals surface area contributed by atoms with E-state index in [1.165, 1.54) is 6.20 Å². The summed E-state index contributed by atoms with van der Waals surface area (Å²) in [7, 11) is 0. The second-order valence-electron chi connectivity index (χ2n) is 3.34. The van der Waals surface area contributed by atoms with Crippen LogP contribution < -0.4 is 4.90 Å². The zero-order valence-corrected chi connectivity index (χ0v) is 7.00. The number of nitrogens with zero attached hydrogens (tertiary/aromatic N) is 2. The van der Waals surface area contributed by atoms with Crippen LogP contribution in [0.3, 0.4) is 0 Å². The average molecular weight is 166 g/mol. The first-order valence-electron chi connectivity index (χ1n) is 4.12. The van der Waals surface area contributed by atoms with Crippen molar-refractivity contribution in [2.24, 2.45) is 5.92 Å². The lowest BCUT2D eigenvalue weighted by Gasteiger charge is -2.39. The molecule has 1 aromatic heterocycles. The summed E-state index contributed by atoms with van der Waals surface area (Å²) >= 11 is 0. The molecule has 2 heterocycles. The van der Waals surface area contributed by atoms with E-state index >= 15 is 0 Å². The van der Waals surface area contributed by atoms with Crippen LogP contribution in [0.15, 0.2) is 18.5 Å². The second-order valence-corrected chi connectivity index (χ2v) is 3.34. The average Bonchev–Trinajstić information content (AvgIpc) is 2.01. The number of rotatable bonds is 1. The van der Waals surface area contributed by atoms with E-state index < -0.39 is 0 Å². The van der Waals surface area contributed by atoms with Gasteiger partial charge in [-0.05, 0) is 12.0 Å². The van der Waals surface area contributed by atoms with Crippen LogP contribution in [0.4, 0.5) is 10.1 Å². The standard InChI is InChI=1S/C9H11FN2/c1-7-5-12(6-7)9-2-3-11-4-8(9)10/h2-4,7H,5-6H2,1H3. The van der Waals surface area contributed by atoms with E-state index in [1.54, 1.807) is 12.3 Å². The van der Waals surface area contributed by atoms with E-state index in [4.69, 9.17) is 0 Å². The Hall–Kier alpha value is -1.12. The quantitative estimate of drug-likeness (QED) is 0.631. The van der Waals surface area contributed by atoms with Gasteiger partial charge in [-0.2, -0.15) is 0 Å². The van der Waals surface area contributed by atoms with E-state index in [9.17, 15) is 4.39 Å². The molecule has 1 aromatic rings. The monoisotopic (exact) mass is 166 g/mol. The normalized spacial score (nSPS) is 17.7. The van der Waals surface area contributed by atoms with Crippen molar-refractivity contribution in [3.05, 3.63) is 24.3 Å². The van der Waals surface area contributed by atoms with Crippen molar-refractivity contribution in [3.63, 3.8) is 0 Å². The Labute approximate surface area is 71.0 Å². The molecule has 0 aromatic carbocycles. The Morgan fingerprint density at radius 2 is 2.33 bits per heavy atom. The van der Waals surface area contributed by atoms with Gasteiger partial charge in [0.15, 0.2) is 5.82 Å². The first-order valence-corrected chi connectivity index (χ1v) is 4.12. The number of hydrogen-bond acceptors (Lipinski definition) is 2. The second kappa shape index (κ2) is 2.73. The highest BCUT2D eigenvalue weighted by Gasteiger charge is 2.24. The molecule has 64 valence electrons. The van der Waals surface area contributed by atoms with E-state index in [0.717, 1.165) is 13.1 Å². The molecule has 0 radical (unpaired) electrons. The molecular formula is C9H11FN2. The van der Waals surface area contributed by atoms with Gasteiger partial charge in [-0.3, -0.25) is 4.98 Å². The summed E-state index contributed by atoms with van der Waals surface area (Å²) in [6, 6.07) is 1.72. The van der Waals surface area contributed by atoms with Crippen LogP contribution in [0, 0.1) is 11.7 Å². The maximum atomic E-state index is 13.1. The van der Waals surface area contributed by atoms with Gasteiger partial charge in [0.2, 0.25) is 0 Å². The number of halogens is 1. The van der Waals surface area contributed by atoms with E-state index in [0.29, 0.717) is 11.6 Å². The zero-order valence-electron chi connectivity index (χ0n) is 7.00. The smallest absolute Gasteiger partial charge is 0.164 e. The minimum Gasteiger partial charge on any atom is -0.368 e. The molecule has 1 aliphatic rings. The molecule has 0 spiro atoms. The number of hydrogen-bond donors (Lipinski definition) is 0. The van der Waals surface area contributed by atoms with Gasteiger partial charge in [-0.1, -0.05) is 6.92 Å². The lowest BCUT2D eigenvalue weighted by Crippen LogP contribution is -2.45. The van der Waals surface area contributed by atoms with Crippen molar-refractivity contribution in [2.75, 3.05) is 18.0 Å². The molecule has 0 N–H and O–H groups in total. The van der Waals surface area contributed by atoms with E-state index in [2.05, 4.69) is 11.9 Å². The third kappa shape index (κ3) is 1.15. The third-order valence-electron chi connectivity index (χ3n) is 2.16. The maximum absolute atomic E-state index is 13.1. The van der Waals surface area contributed by atoms with Gasteiger partial charge in [0.25, 0.3) is 0 Å². The molecule has 0 amide bonds. The Balaban J connectivity index is 2.18. The highest BCUT2D eigenvalue weighted by atomic mass is 19.1. The SMILES string of the molecule is CC1CN(c2ccncc2F)C1. The van der Waals surface area contributed by atoms with Crippen LogP contribution in [0.5, 0.6) is 0 Å². The predicted octanol–water partition coefficient (Wildman–Crippen LogP) is 1.68. The van der Waals surface area contributed by atoms with Crippen molar-refractivity contribution >= 4 is 5.69 Å². The Bertz CT molecular complexity index is 282. The molecule has 0 aliphatic carbocycles. The van der Waals surface area contributed by atoms with Crippen LogP contribution in [0.2, 0.25) is 0 Å². The molecule has 1 saturated heterocycles. The molecular weight excluding hydrogens is 155 g/mol. The Morgan fingerprint density at radius 3 is 2.92 bits per heavy atom. The van der Waals surface area contributed by atoms with Crippen LogP contribution in [-0.4, -0.2) is 18.1 Å². The molecule has 0 saturated carbocycles. The van der Waals surface area contributed by atoms with Crippen molar-refractivity contribution in [1.82, 2.24) is 4.98 Å². The van der Waals surface area contributed by atoms with Gasteiger partial charge in [0.05, 0.1) is 11.9 Å². The summed E-state index contributed by atoms with van der Waals surface area (Å²) in [5.74, 6) is 0.474. The van der Waals surface area contributed by atoms with Crippen molar-refractivity contribution < 1.29 is 4.39 Å². The summed E-state index contributed by atoms with van der Waals surface area (Å²) in [4.78, 5) is 5.73. The summed E-state index contributed by atoms with van der Waals surface area (Å²) < 4.78 is 13.1. The third-order valence-corrected chi connectivity index (χ3v) is 2.16. The minimum atomic E-state index is -0.218.